The summed E-state index contributed by atoms with van der Waals surface area (Å²) in [6, 6.07) is 7.83. The van der Waals surface area contributed by atoms with Gasteiger partial charge in [-0.2, -0.15) is 0 Å². The Hall–Kier alpha value is -1.53. The maximum absolute atomic E-state index is 10.7. The van der Waals surface area contributed by atoms with Crippen molar-refractivity contribution in [3.05, 3.63) is 24.3 Å². The van der Waals surface area contributed by atoms with E-state index in [-0.39, 0.29) is 5.75 Å². The molecule has 1 N–H and O–H groups in total. The van der Waals surface area contributed by atoms with Crippen LogP contribution in [0.3, 0.4) is 0 Å². The maximum Gasteiger partial charge on any atom is 0.313 e. The molecule has 0 spiro atoms. The van der Waals surface area contributed by atoms with Gasteiger partial charge in [-0.1, -0.05) is 23.9 Å². The van der Waals surface area contributed by atoms with Gasteiger partial charge in [-0.15, -0.1) is 0 Å². The molecule has 2 rings (SSSR count). The lowest BCUT2D eigenvalue weighted by molar-refractivity contribution is -0.133. The normalized spacial score (nSPS) is 11.0. The Bertz CT molecular complexity index is 568. The van der Waals surface area contributed by atoms with Gasteiger partial charge in [0.05, 0.1) is 16.8 Å². The van der Waals surface area contributed by atoms with Crippen LogP contribution in [0.4, 0.5) is 0 Å². The molecule has 0 amide bonds. The molecule has 0 fully saturated rings. The van der Waals surface area contributed by atoms with Gasteiger partial charge in [-0.25, -0.2) is 4.98 Å². The second-order valence-electron chi connectivity index (χ2n) is 4.06. The number of nitrogens with zero attached hydrogens (tertiary/aromatic N) is 2. The van der Waals surface area contributed by atoms with E-state index in [1.807, 2.05) is 24.3 Å². The first-order valence-electron chi connectivity index (χ1n) is 6.01. The zero-order valence-corrected chi connectivity index (χ0v) is 11.5. The number of aliphatic carboxylic acids is 1. The Balaban J connectivity index is 2.26. The minimum absolute atomic E-state index is 0.0214. The number of thioether (sulfide) groups is 1. The third-order valence-corrected chi connectivity index (χ3v) is 3.64. The maximum atomic E-state index is 10.7. The lowest BCUT2D eigenvalue weighted by Crippen LogP contribution is -2.05. The van der Waals surface area contributed by atoms with Crippen LogP contribution in [-0.2, 0) is 16.1 Å². The number of carbonyl (C=O) groups is 1. The van der Waals surface area contributed by atoms with E-state index >= 15 is 0 Å². The minimum atomic E-state index is -0.833. The second kappa shape index (κ2) is 6.58. The van der Waals surface area contributed by atoms with Crippen molar-refractivity contribution >= 4 is 28.8 Å². The first-order chi connectivity index (χ1) is 9.22. The van der Waals surface area contributed by atoms with E-state index in [4.69, 9.17) is 9.84 Å². The number of carboxylic acids is 1. The third kappa shape index (κ3) is 3.48. The summed E-state index contributed by atoms with van der Waals surface area (Å²) in [7, 11) is 1.67. The fourth-order valence-electron chi connectivity index (χ4n) is 1.87. The number of fused-ring (bicyclic) bond motifs is 1. The molecule has 2 aromatic rings. The Labute approximate surface area is 115 Å². The fraction of sp³-hybridized carbons (Fsp3) is 0.385. The Morgan fingerprint density at radius 3 is 3.00 bits per heavy atom. The summed E-state index contributed by atoms with van der Waals surface area (Å²) in [5.41, 5.74) is 1.93. The average molecular weight is 280 g/mol. The van der Waals surface area contributed by atoms with Crippen molar-refractivity contribution in [1.82, 2.24) is 9.55 Å². The Morgan fingerprint density at radius 2 is 2.26 bits per heavy atom. The molecule has 0 saturated carbocycles. The van der Waals surface area contributed by atoms with Crippen molar-refractivity contribution in [2.45, 2.75) is 18.1 Å². The lowest BCUT2D eigenvalue weighted by atomic mass is 10.3. The lowest BCUT2D eigenvalue weighted by Gasteiger charge is -2.07. The number of ether oxygens (including phenoxy) is 1. The summed E-state index contributed by atoms with van der Waals surface area (Å²) >= 11 is 1.25. The SMILES string of the molecule is COCCCn1c(SCC(=O)O)nc2ccccc21. The molecule has 0 aliphatic heterocycles. The number of hydrogen-bond acceptors (Lipinski definition) is 4. The highest BCUT2D eigenvalue weighted by molar-refractivity contribution is 7.99. The van der Waals surface area contributed by atoms with Crippen molar-refractivity contribution in [3.8, 4) is 0 Å². The van der Waals surface area contributed by atoms with Crippen LogP contribution in [0.5, 0.6) is 0 Å². The molecule has 0 atom stereocenters. The molecule has 1 aromatic carbocycles. The second-order valence-corrected chi connectivity index (χ2v) is 5.01. The topological polar surface area (TPSA) is 64.3 Å². The summed E-state index contributed by atoms with van der Waals surface area (Å²) in [5, 5.41) is 9.53. The first kappa shape index (κ1) is 13.9. The van der Waals surface area contributed by atoms with E-state index < -0.39 is 5.97 Å². The molecule has 6 heteroatoms. The van der Waals surface area contributed by atoms with Gasteiger partial charge in [0, 0.05) is 20.3 Å². The molecule has 0 unspecified atom stereocenters. The molecule has 5 nitrogen and oxygen atoms in total. The van der Waals surface area contributed by atoms with Gasteiger partial charge in [-0.05, 0) is 18.6 Å². The van der Waals surface area contributed by atoms with Crippen LogP contribution < -0.4 is 0 Å². The highest BCUT2D eigenvalue weighted by Gasteiger charge is 2.11. The number of aromatic nitrogens is 2. The molecule has 1 heterocycles. The highest BCUT2D eigenvalue weighted by atomic mass is 32.2. The third-order valence-electron chi connectivity index (χ3n) is 2.67. The summed E-state index contributed by atoms with van der Waals surface area (Å²) < 4.78 is 7.11. The summed E-state index contributed by atoms with van der Waals surface area (Å²) in [5.74, 6) is -0.811. The quantitative estimate of drug-likeness (QED) is 0.622. The predicted octanol–water partition coefficient (Wildman–Crippen LogP) is 2.25. The number of hydrogen-bond donors (Lipinski definition) is 1. The van der Waals surface area contributed by atoms with Gasteiger partial charge < -0.3 is 14.4 Å². The van der Waals surface area contributed by atoms with Gasteiger partial charge in [0.15, 0.2) is 5.16 Å². The standard InChI is InChI=1S/C13H16N2O3S/c1-18-8-4-7-15-11-6-3-2-5-10(11)14-13(15)19-9-12(16)17/h2-3,5-6H,4,7-9H2,1H3,(H,16,17). The summed E-state index contributed by atoms with van der Waals surface area (Å²) in [6.07, 6.45) is 0.873. The van der Waals surface area contributed by atoms with E-state index in [0.717, 1.165) is 29.2 Å². The van der Waals surface area contributed by atoms with E-state index in [2.05, 4.69) is 9.55 Å². The van der Waals surface area contributed by atoms with E-state index in [1.54, 1.807) is 7.11 Å². The van der Waals surface area contributed by atoms with Crippen LogP contribution in [0.1, 0.15) is 6.42 Å². The monoisotopic (exact) mass is 280 g/mol. The summed E-state index contributed by atoms with van der Waals surface area (Å²) in [4.78, 5) is 15.2. The minimum Gasteiger partial charge on any atom is -0.481 e. The smallest absolute Gasteiger partial charge is 0.313 e. The van der Waals surface area contributed by atoms with Crippen LogP contribution in [-0.4, -0.2) is 40.1 Å². The predicted molar refractivity (Wildman–Crippen MR) is 74.6 cm³/mol. The van der Waals surface area contributed by atoms with Crippen molar-refractivity contribution in [2.75, 3.05) is 19.5 Å². The zero-order chi connectivity index (χ0) is 13.7. The molecule has 102 valence electrons. The number of benzene rings is 1. The van der Waals surface area contributed by atoms with Crippen molar-refractivity contribution in [3.63, 3.8) is 0 Å². The van der Waals surface area contributed by atoms with Crippen LogP contribution in [0.15, 0.2) is 29.4 Å². The van der Waals surface area contributed by atoms with Crippen LogP contribution in [0, 0.1) is 0 Å². The molecule has 0 saturated heterocycles. The molecular weight excluding hydrogens is 264 g/mol. The van der Waals surface area contributed by atoms with E-state index in [1.165, 1.54) is 11.8 Å². The van der Waals surface area contributed by atoms with Crippen molar-refractivity contribution in [2.24, 2.45) is 0 Å². The van der Waals surface area contributed by atoms with E-state index in [0.29, 0.717) is 6.61 Å². The molecule has 0 bridgehead atoms. The molecule has 19 heavy (non-hydrogen) atoms. The highest BCUT2D eigenvalue weighted by Crippen LogP contribution is 2.24. The number of aryl methyl sites for hydroxylation is 1. The molecule has 0 aliphatic carbocycles. The molecule has 0 radical (unpaired) electrons. The van der Waals surface area contributed by atoms with Gasteiger partial charge in [0.1, 0.15) is 0 Å². The van der Waals surface area contributed by atoms with Crippen molar-refractivity contribution < 1.29 is 14.6 Å². The number of carboxylic acid groups (broad SMARTS) is 1. The van der Waals surface area contributed by atoms with Gasteiger partial charge in [0.2, 0.25) is 0 Å². The zero-order valence-electron chi connectivity index (χ0n) is 10.7. The van der Waals surface area contributed by atoms with Gasteiger partial charge in [0.25, 0.3) is 0 Å². The van der Waals surface area contributed by atoms with Crippen LogP contribution >= 0.6 is 11.8 Å². The number of imidazole rings is 1. The largest absolute Gasteiger partial charge is 0.481 e. The Kier molecular flexibility index (Phi) is 4.81. The molecule has 1 aromatic heterocycles. The first-order valence-corrected chi connectivity index (χ1v) is 6.99. The van der Waals surface area contributed by atoms with Crippen LogP contribution in [0.25, 0.3) is 11.0 Å². The fourth-order valence-corrected chi connectivity index (χ4v) is 2.63. The molecule has 0 aliphatic rings. The van der Waals surface area contributed by atoms with Gasteiger partial charge in [-0.3, -0.25) is 4.79 Å². The van der Waals surface area contributed by atoms with Gasteiger partial charge >= 0.3 is 5.97 Å². The number of rotatable bonds is 7. The van der Waals surface area contributed by atoms with E-state index in [9.17, 15) is 4.79 Å². The molecular formula is C13H16N2O3S. The Morgan fingerprint density at radius 1 is 1.47 bits per heavy atom. The van der Waals surface area contributed by atoms with Crippen molar-refractivity contribution in [1.29, 1.82) is 0 Å². The average Bonchev–Trinajstić information content (AvgIpc) is 2.75. The number of para-hydroxylation sites is 2. The van der Waals surface area contributed by atoms with Crippen LogP contribution in [0.2, 0.25) is 0 Å². The summed E-state index contributed by atoms with van der Waals surface area (Å²) in [6.45, 7) is 1.45. The number of methoxy groups -OCH3 is 1.